The first-order valence-corrected chi connectivity index (χ1v) is 6.36. The van der Waals surface area contributed by atoms with E-state index >= 15 is 0 Å². The Morgan fingerprint density at radius 2 is 1.95 bits per heavy atom. The predicted octanol–water partition coefficient (Wildman–Crippen LogP) is 0.834. The van der Waals surface area contributed by atoms with Crippen molar-refractivity contribution in [1.29, 1.82) is 0 Å². The van der Waals surface area contributed by atoms with E-state index in [0.29, 0.717) is 12.1 Å². The average Bonchev–Trinajstić information content (AvgIpc) is 2.42. The lowest BCUT2D eigenvalue weighted by molar-refractivity contribution is -0.143. The largest absolute Gasteiger partial charge is 0.378 e. The fraction of sp³-hybridized carbons (Fsp3) is 0.429. The van der Waals surface area contributed by atoms with Crippen molar-refractivity contribution >= 4 is 11.8 Å². The second-order valence-corrected chi connectivity index (χ2v) is 4.39. The molecule has 0 saturated heterocycles. The van der Waals surface area contributed by atoms with Crippen LogP contribution in [0, 0.1) is 0 Å². The van der Waals surface area contributed by atoms with Gasteiger partial charge in [0.25, 0.3) is 5.91 Å². The lowest BCUT2D eigenvalue weighted by atomic mass is 10.1. The Kier molecular flexibility index (Phi) is 6.02. The Labute approximate surface area is 113 Å². The van der Waals surface area contributed by atoms with Gasteiger partial charge >= 0.3 is 0 Å². The molecule has 0 aliphatic carbocycles. The summed E-state index contributed by atoms with van der Waals surface area (Å²) in [6.45, 7) is 2.24. The highest BCUT2D eigenvalue weighted by molar-refractivity contribution is 5.86. The van der Waals surface area contributed by atoms with E-state index in [-0.39, 0.29) is 6.54 Å². The molecular weight excluding hydrogens is 244 g/mol. The predicted molar refractivity (Wildman–Crippen MR) is 72.1 cm³/mol. The number of amides is 2. The van der Waals surface area contributed by atoms with Gasteiger partial charge in [-0.2, -0.15) is 0 Å². The summed E-state index contributed by atoms with van der Waals surface area (Å²) in [5, 5.41) is 10.0. The number of nitrogens with two attached hydrogens (primary N) is 1. The van der Waals surface area contributed by atoms with Crippen LogP contribution in [0.3, 0.4) is 0 Å². The van der Waals surface area contributed by atoms with Crippen molar-refractivity contribution in [3.05, 3.63) is 35.9 Å². The first kappa shape index (κ1) is 15.2. The Morgan fingerprint density at radius 3 is 2.47 bits per heavy atom. The molecule has 0 bridgehead atoms. The molecule has 19 heavy (non-hydrogen) atoms. The first-order valence-electron chi connectivity index (χ1n) is 6.36. The maximum Gasteiger partial charge on any atom is 0.256 e. The normalized spacial score (nSPS) is 11.9. The average molecular weight is 264 g/mol. The van der Waals surface area contributed by atoms with Crippen molar-refractivity contribution in [1.82, 2.24) is 4.90 Å². The van der Waals surface area contributed by atoms with Crippen LogP contribution in [0.15, 0.2) is 30.3 Å². The fourth-order valence-electron chi connectivity index (χ4n) is 1.76. The summed E-state index contributed by atoms with van der Waals surface area (Å²) in [6.07, 6.45) is 0.405. The molecule has 1 aromatic rings. The quantitative estimate of drug-likeness (QED) is 0.765. The number of unbranched alkanes of at least 4 members (excludes halogenated alkanes) is 1. The highest BCUT2D eigenvalue weighted by atomic mass is 16.3. The van der Waals surface area contributed by atoms with Crippen molar-refractivity contribution in [2.75, 3.05) is 13.1 Å². The number of carbonyl (C=O) groups is 2. The van der Waals surface area contributed by atoms with Crippen LogP contribution >= 0.6 is 0 Å². The summed E-state index contributed by atoms with van der Waals surface area (Å²) in [6, 6.07) is 8.64. The minimum atomic E-state index is -1.25. The van der Waals surface area contributed by atoms with Crippen LogP contribution in [-0.4, -0.2) is 34.9 Å². The molecule has 0 saturated carbocycles. The Bertz CT molecular complexity index is 420. The zero-order valence-electron chi connectivity index (χ0n) is 11.1. The van der Waals surface area contributed by atoms with Gasteiger partial charge in [0.15, 0.2) is 6.10 Å². The molecule has 3 N–H and O–H groups in total. The number of primary amides is 1. The SMILES string of the molecule is CCCCN(CC(N)=O)C(=O)C(O)c1ccccc1. The van der Waals surface area contributed by atoms with Gasteiger partial charge in [0, 0.05) is 6.54 Å². The molecule has 0 spiro atoms. The highest BCUT2D eigenvalue weighted by Gasteiger charge is 2.24. The van der Waals surface area contributed by atoms with Crippen LogP contribution < -0.4 is 5.73 Å². The molecule has 5 heteroatoms. The molecule has 1 rings (SSSR count). The van der Waals surface area contributed by atoms with Crippen LogP contribution in [0.4, 0.5) is 0 Å². The molecule has 104 valence electrons. The number of hydrogen-bond donors (Lipinski definition) is 2. The molecule has 0 fully saturated rings. The fourth-order valence-corrected chi connectivity index (χ4v) is 1.76. The van der Waals surface area contributed by atoms with E-state index < -0.39 is 17.9 Å². The second kappa shape index (κ2) is 7.53. The third-order valence-electron chi connectivity index (χ3n) is 2.79. The van der Waals surface area contributed by atoms with Gasteiger partial charge in [-0.1, -0.05) is 43.7 Å². The standard InChI is InChI=1S/C14H20N2O3/c1-2-3-9-16(10-12(15)17)14(19)13(18)11-7-5-4-6-8-11/h4-8,13,18H,2-3,9-10H2,1H3,(H2,15,17). The number of carbonyl (C=O) groups excluding carboxylic acids is 2. The first-order chi connectivity index (χ1) is 9.06. The topological polar surface area (TPSA) is 83.6 Å². The van der Waals surface area contributed by atoms with E-state index in [9.17, 15) is 14.7 Å². The molecule has 2 amide bonds. The van der Waals surface area contributed by atoms with Crippen molar-refractivity contribution in [2.24, 2.45) is 5.73 Å². The Morgan fingerprint density at radius 1 is 1.32 bits per heavy atom. The second-order valence-electron chi connectivity index (χ2n) is 4.39. The number of benzene rings is 1. The minimum absolute atomic E-state index is 0.164. The van der Waals surface area contributed by atoms with Gasteiger partial charge in [-0.05, 0) is 12.0 Å². The van der Waals surface area contributed by atoms with Gasteiger partial charge in [-0.25, -0.2) is 0 Å². The van der Waals surface area contributed by atoms with Gasteiger partial charge in [0.2, 0.25) is 5.91 Å². The van der Waals surface area contributed by atoms with Gasteiger partial charge in [0.1, 0.15) is 0 Å². The number of nitrogens with zero attached hydrogens (tertiary/aromatic N) is 1. The summed E-state index contributed by atoms with van der Waals surface area (Å²) in [5.74, 6) is -1.07. The molecule has 0 heterocycles. The highest BCUT2D eigenvalue weighted by Crippen LogP contribution is 2.15. The zero-order valence-corrected chi connectivity index (χ0v) is 11.1. The third kappa shape index (κ3) is 4.71. The number of aliphatic hydroxyl groups excluding tert-OH is 1. The molecule has 1 unspecified atom stereocenters. The summed E-state index contributed by atoms with van der Waals surface area (Å²) in [5.41, 5.74) is 5.64. The lowest BCUT2D eigenvalue weighted by Crippen LogP contribution is -2.41. The Balaban J connectivity index is 2.77. The van der Waals surface area contributed by atoms with E-state index in [1.807, 2.05) is 6.92 Å². The molecule has 1 atom stereocenters. The Hall–Kier alpha value is -1.88. The number of rotatable bonds is 7. The van der Waals surface area contributed by atoms with Crippen LogP contribution in [0.2, 0.25) is 0 Å². The van der Waals surface area contributed by atoms with E-state index in [4.69, 9.17) is 5.73 Å². The lowest BCUT2D eigenvalue weighted by Gasteiger charge is -2.24. The van der Waals surface area contributed by atoms with Crippen LogP contribution in [-0.2, 0) is 9.59 Å². The molecule has 1 aromatic carbocycles. The van der Waals surface area contributed by atoms with Crippen molar-refractivity contribution in [3.63, 3.8) is 0 Å². The summed E-state index contributed by atoms with van der Waals surface area (Å²) >= 11 is 0. The number of hydrogen-bond acceptors (Lipinski definition) is 3. The van der Waals surface area contributed by atoms with Gasteiger partial charge in [-0.15, -0.1) is 0 Å². The maximum absolute atomic E-state index is 12.2. The van der Waals surface area contributed by atoms with Crippen LogP contribution in [0.5, 0.6) is 0 Å². The number of aliphatic hydroxyl groups is 1. The minimum Gasteiger partial charge on any atom is -0.378 e. The van der Waals surface area contributed by atoms with Crippen LogP contribution in [0.25, 0.3) is 0 Å². The van der Waals surface area contributed by atoms with E-state index in [0.717, 1.165) is 12.8 Å². The van der Waals surface area contributed by atoms with E-state index in [1.54, 1.807) is 30.3 Å². The van der Waals surface area contributed by atoms with Crippen molar-refractivity contribution in [3.8, 4) is 0 Å². The van der Waals surface area contributed by atoms with Crippen molar-refractivity contribution in [2.45, 2.75) is 25.9 Å². The molecule has 0 aromatic heterocycles. The van der Waals surface area contributed by atoms with Crippen LogP contribution in [0.1, 0.15) is 31.4 Å². The van der Waals surface area contributed by atoms with E-state index in [2.05, 4.69) is 0 Å². The van der Waals surface area contributed by atoms with Gasteiger partial charge in [-0.3, -0.25) is 9.59 Å². The van der Waals surface area contributed by atoms with E-state index in [1.165, 1.54) is 4.90 Å². The van der Waals surface area contributed by atoms with Gasteiger partial charge in [0.05, 0.1) is 6.54 Å². The molecule has 0 aliphatic heterocycles. The van der Waals surface area contributed by atoms with Crippen molar-refractivity contribution < 1.29 is 14.7 Å². The smallest absolute Gasteiger partial charge is 0.256 e. The zero-order chi connectivity index (χ0) is 14.3. The summed E-state index contributed by atoms with van der Waals surface area (Å²) < 4.78 is 0. The third-order valence-corrected chi connectivity index (χ3v) is 2.79. The maximum atomic E-state index is 12.2. The molecule has 0 radical (unpaired) electrons. The molecule has 0 aliphatic rings. The summed E-state index contributed by atoms with van der Waals surface area (Å²) in [7, 11) is 0. The molecule has 5 nitrogen and oxygen atoms in total. The summed E-state index contributed by atoms with van der Waals surface area (Å²) in [4.78, 5) is 24.4. The van der Waals surface area contributed by atoms with Gasteiger partial charge < -0.3 is 15.7 Å². The monoisotopic (exact) mass is 264 g/mol. The molecular formula is C14H20N2O3.